The zero-order chi connectivity index (χ0) is 89.9. The second-order valence-electron chi connectivity index (χ2n) is 35.6. The predicted molar refractivity (Wildman–Crippen MR) is 496 cm³/mol. The Morgan fingerprint density at radius 2 is 0.812 bits per heavy atom. The topological polar surface area (TPSA) is 271 Å². The molecule has 0 unspecified atom stereocenters. The van der Waals surface area contributed by atoms with Crippen LogP contribution in [0, 0.1) is 64.2 Å². The third-order valence-corrected chi connectivity index (χ3v) is 26.6. The molecule has 22 nitrogen and oxygen atoms in total. The molecule has 8 fully saturated rings. The maximum Gasteiger partial charge on any atom is 0.168 e. The van der Waals surface area contributed by atoms with Gasteiger partial charge in [-0.15, -0.1) is 0 Å². The maximum absolute atomic E-state index is 14.7. The van der Waals surface area contributed by atoms with E-state index in [1.807, 2.05) is 12.1 Å². The summed E-state index contributed by atoms with van der Waals surface area (Å²) in [5.41, 5.74) is 10.4. The van der Waals surface area contributed by atoms with Crippen LogP contribution >= 0.6 is 46.4 Å². The summed E-state index contributed by atoms with van der Waals surface area (Å²) in [5, 5.41) is 28.1. The van der Waals surface area contributed by atoms with Gasteiger partial charge in [-0.25, -0.2) is 17.6 Å². The number of aromatic nitrogens is 4. The Kier molecular flexibility index (Phi) is 36.7. The number of nitrogens with one attached hydrogen (secondary N) is 8. The Labute approximate surface area is 768 Å². The van der Waals surface area contributed by atoms with Gasteiger partial charge in [-0.3, -0.25) is 39.1 Å². The minimum Gasteiger partial charge on any atom is -0.385 e. The van der Waals surface area contributed by atoms with Crippen molar-refractivity contribution in [1.29, 1.82) is 0 Å². The number of Topliss-reactive ketones (excluding diaryl/α,β-unsaturated/α-hetero) is 4. The van der Waals surface area contributed by atoms with Crippen LogP contribution in [0.25, 0.3) is 44.5 Å². The van der Waals surface area contributed by atoms with Crippen molar-refractivity contribution in [1.82, 2.24) is 41.2 Å². The molecule has 8 aromatic rings. The number of hydrogen-bond acceptors (Lipinski definition) is 22. The van der Waals surface area contributed by atoms with E-state index in [0.717, 1.165) is 202 Å². The van der Waals surface area contributed by atoms with Crippen LogP contribution in [0.3, 0.4) is 0 Å². The second kappa shape index (κ2) is 48.3. The van der Waals surface area contributed by atoms with Crippen molar-refractivity contribution in [2.45, 2.75) is 135 Å². The molecule has 128 heavy (non-hydrogen) atoms. The second-order valence-corrected chi connectivity index (χ2v) is 37.3. The standard InChI is InChI=1S/C26H33ClFN3O2.C25H31ClFN3O2.C24H29ClFN3O3.C23H27ClFN3O3/c1-26(2)8-5-19(15-31-26)25(32)13-20-12-21(22(27)16-29-20)18-3-4-23(28)24(11-18)30-14-17-6-9-33-10-7-17;1-25(6-9-32-10-7-25)16-30-23-11-17(4-5-22(23)27)20-12-19(29-15-21(20)26)13-24(31)18-3-2-8-28-14-18;25-22-14-29-19(11-24(30)17-13-27-5-8-32-15-17)10-20(22)21-9-18(1-2-23(21)26)28-12-16-3-6-31-7-4-16;24-19-13-27-17(11-22(29)23-14-26-5-8-31-23)10-18(19)16-1-2-20(25)21(9-16)28-12-15-3-6-30-7-4-15/h3-4,11-12,16-17,19,30-31H,5-10,13-15H2,1-2H3;4-5,11-12,15,18,28,30H,2-3,6-10,13-14,16H2,1H3;1-2,9-10,14,16-17,27-28H,3-8,11-13,15H2;1-2,9-10,13,15,23,26,28H,3-8,11-12,14H2/t19-;18-;17-;23-/m1111/s1. The normalized spacial score (nSPS) is 20.4. The van der Waals surface area contributed by atoms with Gasteiger partial charge in [0.15, 0.2) is 5.78 Å². The summed E-state index contributed by atoms with van der Waals surface area (Å²) >= 11 is 25.7. The molecule has 0 spiro atoms. The Morgan fingerprint density at radius 3 is 1.28 bits per heavy atom. The summed E-state index contributed by atoms with van der Waals surface area (Å²) in [4.78, 5) is 68.2. The zero-order valence-electron chi connectivity index (χ0n) is 73.4. The van der Waals surface area contributed by atoms with Gasteiger partial charge in [0.2, 0.25) is 0 Å². The van der Waals surface area contributed by atoms with Gasteiger partial charge in [0.05, 0.1) is 69.3 Å². The summed E-state index contributed by atoms with van der Waals surface area (Å²) in [6, 6.07) is 27.0. The number of nitrogens with zero attached hydrogens (tertiary/aromatic N) is 4. The third kappa shape index (κ3) is 28.9. The Bertz CT molecular complexity index is 5010. The van der Waals surface area contributed by atoms with Crippen molar-refractivity contribution < 1.29 is 65.2 Å². The highest BCUT2D eigenvalue weighted by molar-refractivity contribution is 6.34. The summed E-state index contributed by atoms with van der Waals surface area (Å²) in [5.74, 6) is 0.470. The molecule has 4 aromatic carbocycles. The van der Waals surface area contributed by atoms with E-state index in [0.29, 0.717) is 148 Å². The highest BCUT2D eigenvalue weighted by Gasteiger charge is 2.33. The fourth-order valence-corrected chi connectivity index (χ4v) is 17.8. The predicted octanol–water partition coefficient (Wildman–Crippen LogP) is 17.4. The number of halogens is 8. The van der Waals surface area contributed by atoms with Crippen molar-refractivity contribution in [3.05, 3.63) is 188 Å². The van der Waals surface area contributed by atoms with E-state index in [-0.39, 0.29) is 101 Å². The van der Waals surface area contributed by atoms with E-state index < -0.39 is 6.10 Å². The van der Waals surface area contributed by atoms with Gasteiger partial charge >= 0.3 is 0 Å². The number of ketones is 4. The zero-order valence-corrected chi connectivity index (χ0v) is 76.4. The molecule has 4 atom stereocenters. The van der Waals surface area contributed by atoms with E-state index in [1.54, 1.807) is 73.1 Å². The van der Waals surface area contributed by atoms with Crippen molar-refractivity contribution in [2.75, 3.05) is 166 Å². The number of pyridine rings is 4. The first kappa shape index (κ1) is 97.4. The van der Waals surface area contributed by atoms with Crippen LogP contribution in [-0.4, -0.2) is 199 Å². The number of morpholine rings is 1. The molecule has 30 heteroatoms. The quantitative estimate of drug-likeness (QED) is 0.0212. The molecule has 16 rings (SSSR count). The molecule has 0 bridgehead atoms. The molecule has 8 N–H and O–H groups in total. The van der Waals surface area contributed by atoms with Crippen LogP contribution < -0.4 is 42.5 Å². The van der Waals surface area contributed by atoms with Gasteiger partial charge < -0.3 is 71.0 Å². The van der Waals surface area contributed by atoms with Crippen LogP contribution in [-0.2, 0) is 73.3 Å². The molecule has 0 saturated carbocycles. The largest absolute Gasteiger partial charge is 0.385 e. The number of carbonyl (C=O) groups excluding carboxylic acids is 4. The fourth-order valence-electron chi connectivity index (χ4n) is 17.0. The average molecular weight is 1840 g/mol. The molecule has 8 saturated heterocycles. The van der Waals surface area contributed by atoms with Crippen molar-refractivity contribution in [2.24, 2.45) is 40.9 Å². The van der Waals surface area contributed by atoms with Gasteiger partial charge in [-0.05, 0) is 216 Å². The van der Waals surface area contributed by atoms with Crippen molar-refractivity contribution in [3.8, 4) is 44.5 Å². The number of anilines is 4. The molecule has 4 aromatic heterocycles. The number of ether oxygens (including phenoxy) is 6. The number of hydrogen-bond donors (Lipinski definition) is 8. The first-order chi connectivity index (χ1) is 61.9. The maximum atomic E-state index is 14.7. The van der Waals surface area contributed by atoms with Gasteiger partial charge in [-0.1, -0.05) is 71.5 Å². The molecule has 8 aliphatic rings. The van der Waals surface area contributed by atoms with Gasteiger partial charge in [-0.2, -0.15) is 0 Å². The molecule has 12 heterocycles. The average Bonchev–Trinajstić information content (AvgIpc) is 0.840. The fraction of sp³-hybridized carbons (Fsp3) is 0.510. The van der Waals surface area contributed by atoms with E-state index >= 15 is 0 Å². The first-order valence-electron chi connectivity index (χ1n) is 45.2. The van der Waals surface area contributed by atoms with Crippen LogP contribution in [0.15, 0.2) is 122 Å². The lowest BCUT2D eigenvalue weighted by Gasteiger charge is -2.35. The van der Waals surface area contributed by atoms with E-state index in [9.17, 15) is 36.7 Å². The van der Waals surface area contributed by atoms with Crippen LogP contribution in [0.5, 0.6) is 0 Å². The first-order valence-corrected chi connectivity index (χ1v) is 46.7. The van der Waals surface area contributed by atoms with Crippen molar-refractivity contribution in [3.63, 3.8) is 0 Å². The van der Waals surface area contributed by atoms with E-state index in [4.69, 9.17) is 74.8 Å². The lowest BCUT2D eigenvalue weighted by Crippen LogP contribution is -2.48. The van der Waals surface area contributed by atoms with E-state index in [2.05, 4.69) is 83.2 Å². The number of benzene rings is 4. The minimum absolute atomic E-state index is 0.00534. The smallest absolute Gasteiger partial charge is 0.168 e. The number of piperidine rings is 2. The number of rotatable bonds is 28. The van der Waals surface area contributed by atoms with Crippen molar-refractivity contribution >= 4 is 92.3 Å². The number of carbonyl (C=O) groups is 4. The van der Waals surface area contributed by atoms with Crippen LogP contribution in [0.4, 0.5) is 40.3 Å². The van der Waals surface area contributed by atoms with Gasteiger partial charge in [0, 0.05) is 236 Å². The molecule has 8 aliphatic heterocycles. The molecule has 0 radical (unpaired) electrons. The highest BCUT2D eigenvalue weighted by Crippen LogP contribution is 2.39. The third-order valence-electron chi connectivity index (χ3n) is 25.4. The highest BCUT2D eigenvalue weighted by atomic mass is 35.5. The SMILES string of the molecule is CC1(C)CC[C@@H](C(=O)Cc2cc(-c3ccc(F)c(NCC4CCOCC4)c3)c(Cl)cn2)CN1.CC1(CNc2cc(-c3cc(CC(=O)[C@@H]4CCCNC4)ncc3Cl)ccc2F)CCOCC1.O=C(Cc1cc(-c2cc(NCC3CCOCC3)ccc2F)c(Cl)cn1)[C@@H]1CNCCOC1.O=C(Cc1cc(-c2ccc(F)c(NCC3CCOCC3)c2)c(Cl)cn1)[C@H]1CNCCO1. The van der Waals surface area contributed by atoms with Gasteiger partial charge in [0.25, 0.3) is 0 Å². The molecular formula is C98H120Cl4F4N12O10. The Hall–Kier alpha value is -8.16. The Balaban J connectivity index is 0.000000146. The lowest BCUT2D eigenvalue weighted by molar-refractivity contribution is -0.131. The Morgan fingerprint density at radius 1 is 0.398 bits per heavy atom. The molecular weight excluding hydrogens is 1720 g/mol. The summed E-state index contributed by atoms with van der Waals surface area (Å²) in [6.07, 6.45) is 18.3. The monoisotopic (exact) mass is 1840 g/mol. The summed E-state index contributed by atoms with van der Waals surface area (Å²) in [6.45, 7) is 22.1. The lowest BCUT2D eigenvalue weighted by atomic mass is 9.82. The summed E-state index contributed by atoms with van der Waals surface area (Å²) < 4.78 is 90.8. The van der Waals surface area contributed by atoms with Crippen LogP contribution in [0.2, 0.25) is 20.1 Å². The summed E-state index contributed by atoms with van der Waals surface area (Å²) in [7, 11) is 0. The van der Waals surface area contributed by atoms with E-state index in [1.165, 1.54) is 36.7 Å². The molecule has 0 aliphatic carbocycles. The molecule has 0 amide bonds. The minimum atomic E-state index is -0.457. The van der Waals surface area contributed by atoms with Gasteiger partial charge in [0.1, 0.15) is 46.7 Å². The van der Waals surface area contributed by atoms with Crippen LogP contribution in [0.1, 0.15) is 121 Å². The molecule has 688 valence electrons.